The van der Waals surface area contributed by atoms with Gasteiger partial charge in [0, 0.05) is 6.08 Å². The fraction of sp³-hybridized carbons (Fsp3) is 0.0952. The van der Waals surface area contributed by atoms with Crippen molar-refractivity contribution in [3.63, 3.8) is 0 Å². The van der Waals surface area contributed by atoms with Gasteiger partial charge in [-0.2, -0.15) is 10.5 Å². The molecule has 0 unspecified atom stereocenters. The molecule has 0 fully saturated rings. The maximum absolute atomic E-state index is 11.9. The van der Waals surface area contributed by atoms with Crippen LogP contribution in [0.4, 0.5) is 0 Å². The zero-order chi connectivity index (χ0) is 18.8. The van der Waals surface area contributed by atoms with E-state index in [1.54, 1.807) is 42.5 Å². The number of allylic oxidation sites excluding steroid dienone is 1. The summed E-state index contributed by atoms with van der Waals surface area (Å²) >= 11 is 0. The fourth-order valence-corrected chi connectivity index (χ4v) is 2.04. The highest BCUT2D eigenvalue weighted by Crippen LogP contribution is 2.16. The summed E-state index contributed by atoms with van der Waals surface area (Å²) in [6.45, 7) is 2.52. The van der Waals surface area contributed by atoms with Crippen LogP contribution in [-0.2, 0) is 4.79 Å². The lowest BCUT2D eigenvalue weighted by Crippen LogP contribution is -2.03. The summed E-state index contributed by atoms with van der Waals surface area (Å²) in [5.74, 6) is 0.646. The molecule has 0 N–H and O–H groups in total. The number of nitriles is 2. The number of benzene rings is 2. The van der Waals surface area contributed by atoms with E-state index in [1.807, 2.05) is 31.2 Å². The first kappa shape index (κ1) is 18.5. The topological polar surface area (TPSA) is 83.1 Å². The summed E-state index contributed by atoms with van der Waals surface area (Å²) in [4.78, 5) is 11.9. The zero-order valence-electron chi connectivity index (χ0n) is 14.2. The highest BCUT2D eigenvalue weighted by atomic mass is 16.5. The summed E-state index contributed by atoms with van der Waals surface area (Å²) in [6.07, 6.45) is 4.45. The van der Waals surface area contributed by atoms with Gasteiger partial charge in [-0.05, 0) is 54.5 Å². The number of esters is 1. The molecule has 0 spiro atoms. The second kappa shape index (κ2) is 9.46. The van der Waals surface area contributed by atoms with Crippen molar-refractivity contribution >= 4 is 18.1 Å². The minimum absolute atomic E-state index is 0.00744. The summed E-state index contributed by atoms with van der Waals surface area (Å²) < 4.78 is 10.6. The van der Waals surface area contributed by atoms with E-state index in [4.69, 9.17) is 20.0 Å². The van der Waals surface area contributed by atoms with Gasteiger partial charge in [-0.3, -0.25) is 0 Å². The van der Waals surface area contributed by atoms with Crippen molar-refractivity contribution in [2.45, 2.75) is 6.92 Å². The van der Waals surface area contributed by atoms with Crippen LogP contribution in [0.25, 0.3) is 12.2 Å². The second-order valence-electron chi connectivity index (χ2n) is 5.11. The quantitative estimate of drug-likeness (QED) is 0.340. The normalized spacial score (nSPS) is 9.81. The van der Waals surface area contributed by atoms with Crippen LogP contribution < -0.4 is 9.47 Å². The molecule has 0 aliphatic rings. The zero-order valence-corrected chi connectivity index (χ0v) is 14.2. The smallest absolute Gasteiger partial charge is 0.336 e. The third-order valence-electron chi connectivity index (χ3n) is 3.25. The third kappa shape index (κ3) is 5.67. The maximum atomic E-state index is 11.9. The number of rotatable bonds is 6. The van der Waals surface area contributed by atoms with Crippen LogP contribution in [0.15, 0.2) is 60.2 Å². The van der Waals surface area contributed by atoms with E-state index >= 15 is 0 Å². The monoisotopic (exact) mass is 344 g/mol. The van der Waals surface area contributed by atoms with E-state index in [0.717, 1.165) is 11.3 Å². The maximum Gasteiger partial charge on any atom is 0.336 e. The molecule has 0 bridgehead atoms. The molecule has 0 amide bonds. The molecule has 0 heterocycles. The molecule has 5 heteroatoms. The fourth-order valence-electron chi connectivity index (χ4n) is 2.04. The van der Waals surface area contributed by atoms with Gasteiger partial charge in [-0.1, -0.05) is 24.3 Å². The molecule has 26 heavy (non-hydrogen) atoms. The van der Waals surface area contributed by atoms with Crippen molar-refractivity contribution in [2.75, 3.05) is 6.61 Å². The highest BCUT2D eigenvalue weighted by molar-refractivity contribution is 5.88. The number of carbonyl (C=O) groups is 1. The van der Waals surface area contributed by atoms with Gasteiger partial charge in [-0.25, -0.2) is 4.79 Å². The summed E-state index contributed by atoms with van der Waals surface area (Å²) in [5.41, 5.74) is 1.53. The third-order valence-corrected chi connectivity index (χ3v) is 3.25. The van der Waals surface area contributed by atoms with Crippen LogP contribution in [0.5, 0.6) is 11.5 Å². The summed E-state index contributed by atoms with van der Waals surface area (Å²) in [7, 11) is 0. The van der Waals surface area contributed by atoms with Crippen molar-refractivity contribution in [1.82, 2.24) is 0 Å². The first-order valence-corrected chi connectivity index (χ1v) is 7.89. The number of ether oxygens (including phenoxy) is 2. The Kier molecular flexibility index (Phi) is 6.74. The van der Waals surface area contributed by atoms with Crippen LogP contribution in [0.2, 0.25) is 0 Å². The molecule has 0 aromatic heterocycles. The molecule has 0 saturated carbocycles. The van der Waals surface area contributed by atoms with E-state index in [1.165, 1.54) is 12.2 Å². The summed E-state index contributed by atoms with van der Waals surface area (Å²) in [5, 5.41) is 17.5. The lowest BCUT2D eigenvalue weighted by Gasteiger charge is -2.03. The number of hydrogen-bond acceptors (Lipinski definition) is 5. The molecule has 0 saturated heterocycles. The predicted molar refractivity (Wildman–Crippen MR) is 97.9 cm³/mol. The van der Waals surface area contributed by atoms with Crippen LogP contribution in [0.1, 0.15) is 18.1 Å². The SMILES string of the molecule is CCOc1ccc(/C=C/C(=O)Oc2ccc(C=C(C#N)C#N)cc2)cc1. The van der Waals surface area contributed by atoms with E-state index in [-0.39, 0.29) is 5.57 Å². The van der Waals surface area contributed by atoms with Gasteiger partial charge in [0.1, 0.15) is 29.2 Å². The minimum Gasteiger partial charge on any atom is -0.494 e. The van der Waals surface area contributed by atoms with Crippen LogP contribution in [0, 0.1) is 22.7 Å². The Morgan fingerprint density at radius 2 is 1.54 bits per heavy atom. The van der Waals surface area contributed by atoms with E-state index in [0.29, 0.717) is 17.9 Å². The first-order chi connectivity index (χ1) is 12.6. The van der Waals surface area contributed by atoms with Crippen LogP contribution in [0.3, 0.4) is 0 Å². The van der Waals surface area contributed by atoms with Gasteiger partial charge >= 0.3 is 5.97 Å². The Bertz CT molecular complexity index is 880. The molecular formula is C21H16N2O3. The molecule has 128 valence electrons. The molecule has 0 radical (unpaired) electrons. The average Bonchev–Trinajstić information content (AvgIpc) is 2.67. The Labute approximate surface area is 152 Å². The number of hydrogen-bond donors (Lipinski definition) is 0. The number of carbonyl (C=O) groups excluding carboxylic acids is 1. The van der Waals surface area contributed by atoms with E-state index in [2.05, 4.69) is 0 Å². The average molecular weight is 344 g/mol. The summed E-state index contributed by atoms with van der Waals surface area (Å²) in [6, 6.07) is 17.4. The van der Waals surface area contributed by atoms with Crippen molar-refractivity contribution in [3.05, 3.63) is 71.3 Å². The van der Waals surface area contributed by atoms with Gasteiger partial charge in [0.15, 0.2) is 0 Å². The molecule has 5 nitrogen and oxygen atoms in total. The van der Waals surface area contributed by atoms with Crippen LogP contribution >= 0.6 is 0 Å². The molecule has 2 aromatic rings. The standard InChI is InChI=1S/C21H16N2O3/c1-2-25-19-8-3-16(4-9-19)7-12-21(24)26-20-10-5-17(6-11-20)13-18(14-22)15-23/h3-13H,2H2,1H3/b12-7+. The van der Waals surface area contributed by atoms with Gasteiger partial charge in [0.2, 0.25) is 0 Å². The van der Waals surface area contributed by atoms with Crippen molar-refractivity contribution < 1.29 is 14.3 Å². The Morgan fingerprint density at radius 1 is 0.962 bits per heavy atom. The predicted octanol–water partition coefficient (Wildman–Crippen LogP) is 4.13. The molecule has 2 rings (SSSR count). The molecule has 0 atom stereocenters. The second-order valence-corrected chi connectivity index (χ2v) is 5.11. The Balaban J connectivity index is 1.96. The first-order valence-electron chi connectivity index (χ1n) is 7.89. The lowest BCUT2D eigenvalue weighted by molar-refractivity contribution is -0.128. The largest absolute Gasteiger partial charge is 0.494 e. The van der Waals surface area contributed by atoms with Gasteiger partial charge in [-0.15, -0.1) is 0 Å². The Hall–Kier alpha value is -3.83. The van der Waals surface area contributed by atoms with Gasteiger partial charge in [0.25, 0.3) is 0 Å². The Morgan fingerprint density at radius 3 is 2.12 bits per heavy atom. The highest BCUT2D eigenvalue weighted by Gasteiger charge is 2.01. The van der Waals surface area contributed by atoms with Gasteiger partial charge < -0.3 is 9.47 Å². The van der Waals surface area contributed by atoms with Gasteiger partial charge in [0.05, 0.1) is 6.61 Å². The minimum atomic E-state index is -0.503. The lowest BCUT2D eigenvalue weighted by atomic mass is 10.1. The van der Waals surface area contributed by atoms with E-state index in [9.17, 15) is 4.79 Å². The molecule has 0 aliphatic heterocycles. The molecule has 0 aliphatic carbocycles. The molecular weight excluding hydrogens is 328 g/mol. The molecule has 2 aromatic carbocycles. The van der Waals surface area contributed by atoms with Crippen molar-refractivity contribution in [1.29, 1.82) is 10.5 Å². The van der Waals surface area contributed by atoms with Crippen LogP contribution in [-0.4, -0.2) is 12.6 Å². The number of nitrogens with zero attached hydrogens (tertiary/aromatic N) is 2. The van der Waals surface area contributed by atoms with Crippen molar-refractivity contribution in [3.8, 4) is 23.6 Å². The van der Waals surface area contributed by atoms with E-state index < -0.39 is 5.97 Å². The van der Waals surface area contributed by atoms with Crippen molar-refractivity contribution in [2.24, 2.45) is 0 Å².